The second-order valence-corrected chi connectivity index (χ2v) is 6.83. The van der Waals surface area contributed by atoms with Crippen molar-refractivity contribution in [3.05, 3.63) is 36.0 Å². The highest BCUT2D eigenvalue weighted by Gasteiger charge is 2.45. The summed E-state index contributed by atoms with van der Waals surface area (Å²) in [5, 5.41) is 1.18. The molecule has 110 valence electrons. The molecule has 1 aromatic carbocycles. The average Bonchev–Trinajstić information content (AvgIpc) is 3.29. The van der Waals surface area contributed by atoms with Gasteiger partial charge in [-0.2, -0.15) is 0 Å². The second kappa shape index (κ2) is 5.01. The Bertz CT molecular complexity index is 650. The monoisotopic (exact) mass is 281 g/mol. The molecule has 0 radical (unpaired) electrons. The van der Waals surface area contributed by atoms with E-state index in [4.69, 9.17) is 4.74 Å². The van der Waals surface area contributed by atoms with Crippen LogP contribution in [0, 0.1) is 5.41 Å². The van der Waals surface area contributed by atoms with E-state index in [1.54, 1.807) is 0 Å². The Kier molecular flexibility index (Phi) is 3.13. The van der Waals surface area contributed by atoms with E-state index in [-0.39, 0.29) is 0 Å². The van der Waals surface area contributed by atoms with Gasteiger partial charge in [0.25, 0.3) is 0 Å². The van der Waals surface area contributed by atoms with Crippen molar-refractivity contribution in [2.45, 2.75) is 58.0 Å². The Hall–Kier alpha value is -1.57. The lowest BCUT2D eigenvalue weighted by Crippen LogP contribution is -2.24. The first-order valence-corrected chi connectivity index (χ1v) is 8.33. The summed E-state index contributed by atoms with van der Waals surface area (Å²) in [5.74, 6) is 1.00. The van der Waals surface area contributed by atoms with Gasteiger partial charge in [-0.15, -0.1) is 0 Å². The fraction of sp³-hybridized carbons (Fsp3) is 0.526. The number of hydrogen-bond donors (Lipinski definition) is 0. The van der Waals surface area contributed by atoms with Gasteiger partial charge in [-0.3, -0.25) is 4.98 Å². The molecular formula is C19H23NO. The SMILES string of the molecule is CCc1ccc2cc(OC3CCC4(CC3)CC4)ccc2n1. The summed E-state index contributed by atoms with van der Waals surface area (Å²) in [6, 6.07) is 10.6. The van der Waals surface area contributed by atoms with Gasteiger partial charge in [-0.05, 0) is 74.6 Å². The molecule has 1 spiro atoms. The van der Waals surface area contributed by atoms with Crippen molar-refractivity contribution in [2.75, 3.05) is 0 Å². The zero-order valence-corrected chi connectivity index (χ0v) is 12.8. The zero-order valence-electron chi connectivity index (χ0n) is 12.8. The van der Waals surface area contributed by atoms with E-state index < -0.39 is 0 Å². The molecule has 2 aromatic rings. The zero-order chi connectivity index (χ0) is 14.3. The van der Waals surface area contributed by atoms with E-state index in [0.717, 1.165) is 28.8 Å². The molecule has 2 saturated carbocycles. The number of ether oxygens (including phenoxy) is 1. The minimum absolute atomic E-state index is 0.413. The van der Waals surface area contributed by atoms with Gasteiger partial charge < -0.3 is 4.74 Å². The van der Waals surface area contributed by atoms with Crippen LogP contribution < -0.4 is 4.74 Å². The first-order valence-electron chi connectivity index (χ1n) is 8.33. The normalized spacial score (nSPS) is 20.8. The van der Waals surface area contributed by atoms with Crippen molar-refractivity contribution in [1.29, 1.82) is 0 Å². The van der Waals surface area contributed by atoms with Crippen LogP contribution in [0.4, 0.5) is 0 Å². The highest BCUT2D eigenvalue weighted by atomic mass is 16.5. The van der Waals surface area contributed by atoms with Crippen molar-refractivity contribution in [1.82, 2.24) is 4.98 Å². The van der Waals surface area contributed by atoms with Gasteiger partial charge in [0.1, 0.15) is 5.75 Å². The number of rotatable bonds is 3. The molecule has 2 aliphatic carbocycles. The molecule has 1 aromatic heterocycles. The Labute approximate surface area is 126 Å². The van der Waals surface area contributed by atoms with Crippen LogP contribution in [0.15, 0.2) is 30.3 Å². The topological polar surface area (TPSA) is 22.1 Å². The summed E-state index contributed by atoms with van der Waals surface area (Å²) < 4.78 is 6.21. The Morgan fingerprint density at radius 3 is 2.62 bits per heavy atom. The van der Waals surface area contributed by atoms with Crippen LogP contribution in [0.3, 0.4) is 0 Å². The van der Waals surface area contributed by atoms with Crippen molar-refractivity contribution in [3.8, 4) is 5.75 Å². The number of pyridine rings is 1. The van der Waals surface area contributed by atoms with Crippen molar-refractivity contribution < 1.29 is 4.74 Å². The summed E-state index contributed by atoms with van der Waals surface area (Å²) in [7, 11) is 0. The molecule has 0 atom stereocenters. The molecule has 0 saturated heterocycles. The summed E-state index contributed by atoms with van der Waals surface area (Å²) in [6.45, 7) is 2.14. The Balaban J connectivity index is 1.48. The number of benzene rings is 1. The number of fused-ring (bicyclic) bond motifs is 1. The molecule has 0 N–H and O–H groups in total. The quantitative estimate of drug-likeness (QED) is 0.798. The average molecular weight is 281 g/mol. The minimum atomic E-state index is 0.413. The van der Waals surface area contributed by atoms with Crippen molar-refractivity contribution in [2.24, 2.45) is 5.41 Å². The van der Waals surface area contributed by atoms with Crippen molar-refractivity contribution >= 4 is 10.9 Å². The summed E-state index contributed by atoms with van der Waals surface area (Å²) in [4.78, 5) is 4.65. The molecule has 0 unspecified atom stereocenters. The standard InChI is InChI=1S/C19H23NO/c1-2-15-4-3-14-13-17(5-6-18(14)20-15)21-16-7-9-19(10-8-16)11-12-19/h3-6,13,16H,2,7-12H2,1H3. The van der Waals surface area contributed by atoms with Gasteiger partial charge in [-0.1, -0.05) is 13.0 Å². The van der Waals surface area contributed by atoms with E-state index in [9.17, 15) is 0 Å². The van der Waals surface area contributed by atoms with Crippen LogP contribution in [-0.4, -0.2) is 11.1 Å². The fourth-order valence-corrected chi connectivity index (χ4v) is 3.61. The lowest BCUT2D eigenvalue weighted by atomic mass is 9.85. The maximum atomic E-state index is 6.21. The maximum Gasteiger partial charge on any atom is 0.120 e. The van der Waals surface area contributed by atoms with Gasteiger partial charge in [0.2, 0.25) is 0 Å². The summed E-state index contributed by atoms with van der Waals surface area (Å²) >= 11 is 0. The van der Waals surface area contributed by atoms with Crippen LogP contribution in [0.25, 0.3) is 10.9 Å². The molecule has 2 nitrogen and oxygen atoms in total. The van der Waals surface area contributed by atoms with Crippen molar-refractivity contribution in [3.63, 3.8) is 0 Å². The van der Waals surface area contributed by atoms with Crippen LogP contribution in [0.5, 0.6) is 5.75 Å². The third-order valence-electron chi connectivity index (χ3n) is 5.33. The van der Waals surface area contributed by atoms with Gasteiger partial charge >= 0.3 is 0 Å². The first kappa shape index (κ1) is 13.1. The minimum Gasteiger partial charge on any atom is -0.490 e. The Morgan fingerprint density at radius 1 is 1.10 bits per heavy atom. The van der Waals surface area contributed by atoms with E-state index in [2.05, 4.69) is 42.2 Å². The maximum absolute atomic E-state index is 6.21. The fourth-order valence-electron chi connectivity index (χ4n) is 3.61. The number of aryl methyl sites for hydroxylation is 1. The van der Waals surface area contributed by atoms with Crippen LogP contribution in [-0.2, 0) is 6.42 Å². The van der Waals surface area contributed by atoms with Crippen LogP contribution in [0.1, 0.15) is 51.1 Å². The second-order valence-electron chi connectivity index (χ2n) is 6.83. The van der Waals surface area contributed by atoms with E-state index in [0.29, 0.717) is 6.10 Å². The predicted molar refractivity (Wildman–Crippen MR) is 85.7 cm³/mol. The van der Waals surface area contributed by atoms with Gasteiger partial charge in [-0.25, -0.2) is 0 Å². The molecule has 21 heavy (non-hydrogen) atoms. The lowest BCUT2D eigenvalue weighted by molar-refractivity contribution is 0.124. The molecule has 2 aliphatic rings. The third-order valence-corrected chi connectivity index (χ3v) is 5.33. The summed E-state index contributed by atoms with van der Waals surface area (Å²) in [5.41, 5.74) is 2.96. The highest BCUT2D eigenvalue weighted by Crippen LogP contribution is 2.56. The molecular weight excluding hydrogens is 258 g/mol. The third kappa shape index (κ3) is 2.64. The first-order chi connectivity index (χ1) is 10.3. The highest BCUT2D eigenvalue weighted by molar-refractivity contribution is 5.80. The van der Waals surface area contributed by atoms with E-state index in [1.807, 2.05) is 0 Å². The molecule has 1 heterocycles. The van der Waals surface area contributed by atoms with E-state index >= 15 is 0 Å². The smallest absolute Gasteiger partial charge is 0.120 e. The van der Waals surface area contributed by atoms with Crippen LogP contribution >= 0.6 is 0 Å². The molecule has 2 fully saturated rings. The molecule has 0 amide bonds. The van der Waals surface area contributed by atoms with Crippen LogP contribution in [0.2, 0.25) is 0 Å². The Morgan fingerprint density at radius 2 is 1.90 bits per heavy atom. The van der Waals surface area contributed by atoms with Gasteiger partial charge in [0.15, 0.2) is 0 Å². The molecule has 0 aliphatic heterocycles. The molecule has 4 rings (SSSR count). The number of nitrogens with zero attached hydrogens (tertiary/aromatic N) is 1. The molecule has 0 bridgehead atoms. The lowest BCUT2D eigenvalue weighted by Gasteiger charge is -2.29. The predicted octanol–water partition coefficient (Wildman–Crippen LogP) is 4.90. The number of aromatic nitrogens is 1. The van der Waals surface area contributed by atoms with Gasteiger partial charge in [0, 0.05) is 11.1 Å². The number of hydrogen-bond acceptors (Lipinski definition) is 2. The largest absolute Gasteiger partial charge is 0.490 e. The molecule has 2 heteroatoms. The summed E-state index contributed by atoms with van der Waals surface area (Å²) in [6.07, 6.45) is 9.51. The van der Waals surface area contributed by atoms with E-state index in [1.165, 1.54) is 43.9 Å². The van der Waals surface area contributed by atoms with Gasteiger partial charge in [0.05, 0.1) is 11.6 Å².